The number of anilines is 1. The highest BCUT2D eigenvalue weighted by molar-refractivity contribution is 5.81. The van der Waals surface area contributed by atoms with Gasteiger partial charge in [-0.25, -0.2) is 4.98 Å². The first kappa shape index (κ1) is 12.7. The van der Waals surface area contributed by atoms with E-state index in [-0.39, 0.29) is 0 Å². The third-order valence-electron chi connectivity index (χ3n) is 3.33. The van der Waals surface area contributed by atoms with Crippen molar-refractivity contribution in [1.29, 1.82) is 0 Å². The first-order chi connectivity index (χ1) is 9.86. The zero-order valence-electron chi connectivity index (χ0n) is 11.6. The van der Waals surface area contributed by atoms with E-state index in [9.17, 15) is 0 Å². The van der Waals surface area contributed by atoms with Crippen LogP contribution < -0.4 is 5.32 Å². The zero-order valence-corrected chi connectivity index (χ0v) is 11.6. The van der Waals surface area contributed by atoms with Gasteiger partial charge < -0.3 is 9.88 Å². The van der Waals surface area contributed by atoms with E-state index < -0.39 is 0 Å². The maximum absolute atomic E-state index is 4.45. The quantitative estimate of drug-likeness (QED) is 0.769. The minimum Gasteiger partial charge on any atom is -0.378 e. The van der Waals surface area contributed by atoms with Gasteiger partial charge in [0.05, 0.1) is 36.0 Å². The van der Waals surface area contributed by atoms with Gasteiger partial charge in [-0.1, -0.05) is 25.1 Å². The molecule has 0 aliphatic heterocycles. The summed E-state index contributed by atoms with van der Waals surface area (Å²) in [6.45, 7) is 3.94. The van der Waals surface area contributed by atoms with E-state index in [1.54, 1.807) is 0 Å². The van der Waals surface area contributed by atoms with Crippen LogP contribution in [0.5, 0.6) is 0 Å². The highest BCUT2D eigenvalue weighted by atomic mass is 15.1. The predicted molar refractivity (Wildman–Crippen MR) is 81.6 cm³/mol. The van der Waals surface area contributed by atoms with Gasteiger partial charge in [-0.3, -0.25) is 4.98 Å². The van der Waals surface area contributed by atoms with Crippen molar-refractivity contribution in [2.75, 3.05) is 5.32 Å². The lowest BCUT2D eigenvalue weighted by Crippen LogP contribution is -2.07. The molecule has 0 saturated carbocycles. The number of hydrogen-bond donors (Lipinski definition) is 1. The number of benzene rings is 1. The molecule has 102 valence electrons. The topological polar surface area (TPSA) is 42.7 Å². The van der Waals surface area contributed by atoms with Gasteiger partial charge in [0.25, 0.3) is 0 Å². The second kappa shape index (κ2) is 5.74. The van der Waals surface area contributed by atoms with Crippen LogP contribution in [-0.4, -0.2) is 14.5 Å². The Bertz CT molecular complexity index is 702. The highest BCUT2D eigenvalue weighted by Gasteiger charge is 2.02. The molecule has 0 amide bonds. The summed E-state index contributed by atoms with van der Waals surface area (Å²) >= 11 is 0. The lowest BCUT2D eigenvalue weighted by molar-refractivity contribution is 0.651. The van der Waals surface area contributed by atoms with Crippen molar-refractivity contribution in [3.8, 4) is 0 Å². The van der Waals surface area contributed by atoms with Crippen molar-refractivity contribution in [3.63, 3.8) is 0 Å². The summed E-state index contributed by atoms with van der Waals surface area (Å²) in [6, 6.07) is 10.3. The Labute approximate surface area is 118 Å². The number of pyridine rings is 1. The smallest absolute Gasteiger partial charge is 0.0948 e. The maximum atomic E-state index is 4.45. The first-order valence-electron chi connectivity index (χ1n) is 6.94. The molecule has 0 spiro atoms. The molecule has 4 heteroatoms. The Morgan fingerprint density at radius 1 is 1.20 bits per heavy atom. The standard InChI is InChI=1S/C16H18N4/c1-2-7-20-12-17-10-15(20)11-18-14-8-13-5-3-4-6-16(13)19-9-14/h3-6,8-10,12,18H,2,7,11H2,1H3. The second-order valence-corrected chi connectivity index (χ2v) is 4.85. The monoisotopic (exact) mass is 266 g/mol. The molecule has 3 aromatic rings. The largest absolute Gasteiger partial charge is 0.378 e. The Balaban J connectivity index is 1.74. The molecule has 0 radical (unpaired) electrons. The molecule has 0 atom stereocenters. The number of aromatic nitrogens is 3. The van der Waals surface area contributed by atoms with Crippen LogP contribution in [0.4, 0.5) is 5.69 Å². The summed E-state index contributed by atoms with van der Waals surface area (Å²) < 4.78 is 2.18. The van der Waals surface area contributed by atoms with Crippen LogP contribution in [-0.2, 0) is 13.1 Å². The van der Waals surface area contributed by atoms with Crippen LogP contribution in [0, 0.1) is 0 Å². The van der Waals surface area contributed by atoms with Crippen molar-refractivity contribution in [3.05, 3.63) is 54.7 Å². The molecule has 0 saturated heterocycles. The Hall–Kier alpha value is -2.36. The molecule has 0 aliphatic carbocycles. The van der Waals surface area contributed by atoms with Crippen LogP contribution in [0.3, 0.4) is 0 Å². The summed E-state index contributed by atoms with van der Waals surface area (Å²) in [4.78, 5) is 8.67. The minimum absolute atomic E-state index is 0.764. The number of para-hydroxylation sites is 1. The highest BCUT2D eigenvalue weighted by Crippen LogP contribution is 2.16. The fourth-order valence-electron chi connectivity index (χ4n) is 2.30. The summed E-state index contributed by atoms with van der Waals surface area (Å²) in [6.07, 6.45) is 6.79. The van der Waals surface area contributed by atoms with E-state index in [4.69, 9.17) is 0 Å². The van der Waals surface area contributed by atoms with Crippen LogP contribution in [0.1, 0.15) is 19.0 Å². The van der Waals surface area contributed by atoms with Gasteiger partial charge >= 0.3 is 0 Å². The van der Waals surface area contributed by atoms with E-state index in [0.717, 1.165) is 36.1 Å². The Morgan fingerprint density at radius 3 is 3.00 bits per heavy atom. The van der Waals surface area contributed by atoms with Gasteiger partial charge in [-0.05, 0) is 18.6 Å². The molecule has 0 fully saturated rings. The third kappa shape index (κ3) is 2.64. The molecule has 20 heavy (non-hydrogen) atoms. The van der Waals surface area contributed by atoms with Gasteiger partial charge in [-0.2, -0.15) is 0 Å². The van der Waals surface area contributed by atoms with Crippen molar-refractivity contribution in [2.45, 2.75) is 26.4 Å². The number of fused-ring (bicyclic) bond motifs is 1. The summed E-state index contributed by atoms with van der Waals surface area (Å²) in [5, 5.41) is 4.57. The number of imidazole rings is 1. The molecule has 2 heterocycles. The molecule has 0 unspecified atom stereocenters. The van der Waals surface area contributed by atoms with Gasteiger partial charge in [0.2, 0.25) is 0 Å². The van der Waals surface area contributed by atoms with E-state index >= 15 is 0 Å². The van der Waals surface area contributed by atoms with Crippen molar-refractivity contribution < 1.29 is 0 Å². The number of hydrogen-bond acceptors (Lipinski definition) is 3. The van der Waals surface area contributed by atoms with Crippen molar-refractivity contribution in [1.82, 2.24) is 14.5 Å². The second-order valence-electron chi connectivity index (χ2n) is 4.85. The molecular weight excluding hydrogens is 248 g/mol. The first-order valence-corrected chi connectivity index (χ1v) is 6.94. The molecule has 3 rings (SSSR count). The Morgan fingerprint density at radius 2 is 2.10 bits per heavy atom. The van der Waals surface area contributed by atoms with Crippen LogP contribution in [0.25, 0.3) is 10.9 Å². The van der Waals surface area contributed by atoms with E-state index in [2.05, 4.69) is 38.9 Å². The maximum Gasteiger partial charge on any atom is 0.0948 e. The fourth-order valence-corrected chi connectivity index (χ4v) is 2.30. The number of aryl methyl sites for hydroxylation is 1. The number of rotatable bonds is 5. The van der Waals surface area contributed by atoms with Crippen molar-refractivity contribution >= 4 is 16.6 Å². The molecule has 2 aromatic heterocycles. The van der Waals surface area contributed by atoms with Crippen LogP contribution in [0.15, 0.2) is 49.1 Å². The van der Waals surface area contributed by atoms with E-state index in [1.165, 1.54) is 5.69 Å². The van der Waals surface area contributed by atoms with Gasteiger partial charge in [0, 0.05) is 18.1 Å². The molecule has 0 aliphatic rings. The molecule has 1 N–H and O–H groups in total. The molecule has 4 nitrogen and oxygen atoms in total. The average Bonchev–Trinajstić information content (AvgIpc) is 2.93. The summed E-state index contributed by atoms with van der Waals surface area (Å²) in [7, 11) is 0. The van der Waals surface area contributed by atoms with Crippen LogP contribution in [0.2, 0.25) is 0 Å². The van der Waals surface area contributed by atoms with Crippen molar-refractivity contribution in [2.24, 2.45) is 0 Å². The van der Waals surface area contributed by atoms with E-state index in [1.807, 2.05) is 36.9 Å². The number of nitrogens with one attached hydrogen (secondary N) is 1. The van der Waals surface area contributed by atoms with Crippen LogP contribution >= 0.6 is 0 Å². The molecule has 1 aromatic carbocycles. The molecular formula is C16H18N4. The van der Waals surface area contributed by atoms with Gasteiger partial charge in [-0.15, -0.1) is 0 Å². The SMILES string of the molecule is CCCn1cncc1CNc1cnc2ccccc2c1. The number of nitrogens with zero attached hydrogens (tertiary/aromatic N) is 3. The normalized spacial score (nSPS) is 10.8. The zero-order chi connectivity index (χ0) is 13.8. The van der Waals surface area contributed by atoms with E-state index in [0.29, 0.717) is 0 Å². The summed E-state index contributed by atoms with van der Waals surface area (Å²) in [5.41, 5.74) is 3.25. The molecule has 0 bridgehead atoms. The fraction of sp³-hybridized carbons (Fsp3) is 0.250. The Kier molecular flexibility index (Phi) is 3.63. The lowest BCUT2D eigenvalue weighted by atomic mass is 10.2. The summed E-state index contributed by atoms with van der Waals surface area (Å²) in [5.74, 6) is 0. The third-order valence-corrected chi connectivity index (χ3v) is 3.33. The lowest BCUT2D eigenvalue weighted by Gasteiger charge is -2.09. The predicted octanol–water partition coefficient (Wildman–Crippen LogP) is 3.45. The average molecular weight is 266 g/mol. The van der Waals surface area contributed by atoms with Gasteiger partial charge in [0.15, 0.2) is 0 Å². The minimum atomic E-state index is 0.764. The van der Waals surface area contributed by atoms with Gasteiger partial charge in [0.1, 0.15) is 0 Å².